The Morgan fingerprint density at radius 2 is 1.62 bits per heavy atom. The van der Waals surface area contributed by atoms with Gasteiger partial charge < -0.3 is 19.9 Å². The molecule has 0 bridgehead atoms. The number of benzene rings is 1. The van der Waals surface area contributed by atoms with Crippen molar-refractivity contribution in [3.8, 4) is 17.2 Å². The summed E-state index contributed by atoms with van der Waals surface area (Å²) < 4.78 is 10.6. The Labute approximate surface area is 154 Å². The van der Waals surface area contributed by atoms with Crippen LogP contribution in [0.5, 0.6) is 17.2 Å². The van der Waals surface area contributed by atoms with Gasteiger partial charge in [0, 0.05) is 18.1 Å². The van der Waals surface area contributed by atoms with Gasteiger partial charge in [-0.2, -0.15) is 0 Å². The highest BCUT2D eigenvalue weighted by Crippen LogP contribution is 2.41. The molecule has 0 aliphatic rings. The molecule has 6 nitrogen and oxygen atoms in total. The lowest BCUT2D eigenvalue weighted by molar-refractivity contribution is 0.339. The minimum Gasteiger partial charge on any atom is -0.502 e. The van der Waals surface area contributed by atoms with E-state index >= 15 is 0 Å². The van der Waals surface area contributed by atoms with Gasteiger partial charge in [0.05, 0.1) is 20.4 Å². The molecular formula is C20H27N3O3. The van der Waals surface area contributed by atoms with Crippen LogP contribution in [-0.2, 0) is 0 Å². The lowest BCUT2D eigenvalue weighted by atomic mass is 9.89. The van der Waals surface area contributed by atoms with E-state index in [9.17, 15) is 5.11 Å². The topological polar surface area (TPSA) is 76.5 Å². The highest BCUT2D eigenvalue weighted by Gasteiger charge is 2.20. The standard InChI is InChI=1S/C20H27N3O3/c1-12(2)18(14-9-15(25-5)20(24)16(10-14)26-6)19(13(3)4)23-17-11-21-7-8-22-17/h7-13,24H,1-6H3,(H,22,23)/b19-18+. The third kappa shape index (κ3) is 4.25. The molecule has 6 heteroatoms. The van der Waals surface area contributed by atoms with Crippen molar-refractivity contribution in [3.63, 3.8) is 0 Å². The molecule has 2 aromatic rings. The zero-order valence-corrected chi connectivity index (χ0v) is 16.2. The van der Waals surface area contributed by atoms with Crippen molar-refractivity contribution in [1.82, 2.24) is 9.97 Å². The molecule has 1 aromatic heterocycles. The van der Waals surface area contributed by atoms with Gasteiger partial charge in [0.2, 0.25) is 5.75 Å². The van der Waals surface area contributed by atoms with Crippen molar-refractivity contribution in [2.75, 3.05) is 19.5 Å². The van der Waals surface area contributed by atoms with Crippen LogP contribution in [0.2, 0.25) is 0 Å². The van der Waals surface area contributed by atoms with E-state index in [0.29, 0.717) is 17.3 Å². The Balaban J connectivity index is 2.66. The molecule has 0 aliphatic carbocycles. The van der Waals surface area contributed by atoms with Crippen molar-refractivity contribution in [3.05, 3.63) is 42.0 Å². The number of allylic oxidation sites excluding steroid dienone is 2. The second-order valence-electron chi connectivity index (χ2n) is 6.58. The fourth-order valence-corrected chi connectivity index (χ4v) is 2.87. The first-order chi connectivity index (χ1) is 12.4. The van der Waals surface area contributed by atoms with Gasteiger partial charge in [-0.3, -0.25) is 4.98 Å². The van der Waals surface area contributed by atoms with Crippen LogP contribution in [0.1, 0.15) is 33.3 Å². The maximum absolute atomic E-state index is 10.2. The van der Waals surface area contributed by atoms with E-state index in [1.54, 1.807) is 18.6 Å². The summed E-state index contributed by atoms with van der Waals surface area (Å²) in [5.74, 6) is 1.87. The third-order valence-corrected chi connectivity index (χ3v) is 4.06. The highest BCUT2D eigenvalue weighted by atomic mass is 16.5. The van der Waals surface area contributed by atoms with Gasteiger partial charge in [-0.25, -0.2) is 4.98 Å². The van der Waals surface area contributed by atoms with Crippen LogP contribution < -0.4 is 14.8 Å². The average molecular weight is 357 g/mol. The zero-order valence-electron chi connectivity index (χ0n) is 16.2. The molecule has 0 saturated carbocycles. The van der Waals surface area contributed by atoms with Crippen LogP contribution in [-0.4, -0.2) is 29.3 Å². The number of methoxy groups -OCH3 is 2. The van der Waals surface area contributed by atoms with E-state index in [0.717, 1.165) is 16.8 Å². The number of hydrogen-bond donors (Lipinski definition) is 2. The number of nitrogens with one attached hydrogen (secondary N) is 1. The second-order valence-corrected chi connectivity index (χ2v) is 6.58. The summed E-state index contributed by atoms with van der Waals surface area (Å²) in [5, 5.41) is 13.6. The van der Waals surface area contributed by atoms with Gasteiger partial charge in [0.1, 0.15) is 5.82 Å². The molecule has 1 aromatic carbocycles. The Hall–Kier alpha value is -2.76. The molecule has 0 amide bonds. The van der Waals surface area contributed by atoms with E-state index in [-0.39, 0.29) is 17.6 Å². The van der Waals surface area contributed by atoms with Gasteiger partial charge in [-0.1, -0.05) is 27.7 Å². The molecule has 1 heterocycles. The molecule has 2 N–H and O–H groups in total. The number of hydrogen-bond acceptors (Lipinski definition) is 6. The van der Waals surface area contributed by atoms with Crippen LogP contribution in [0.4, 0.5) is 5.82 Å². The van der Waals surface area contributed by atoms with E-state index < -0.39 is 0 Å². The summed E-state index contributed by atoms with van der Waals surface area (Å²) in [5.41, 5.74) is 3.06. The summed E-state index contributed by atoms with van der Waals surface area (Å²) in [7, 11) is 3.05. The maximum atomic E-state index is 10.2. The Morgan fingerprint density at radius 1 is 1.00 bits per heavy atom. The largest absolute Gasteiger partial charge is 0.502 e. The van der Waals surface area contributed by atoms with Crippen molar-refractivity contribution in [2.45, 2.75) is 27.7 Å². The maximum Gasteiger partial charge on any atom is 0.200 e. The summed E-state index contributed by atoms with van der Waals surface area (Å²) in [6, 6.07) is 3.65. The van der Waals surface area contributed by atoms with Gasteiger partial charge in [-0.15, -0.1) is 0 Å². The van der Waals surface area contributed by atoms with E-state index in [4.69, 9.17) is 9.47 Å². The van der Waals surface area contributed by atoms with Crippen LogP contribution in [0.15, 0.2) is 36.4 Å². The number of phenols is 1. The van der Waals surface area contributed by atoms with E-state index in [1.165, 1.54) is 14.2 Å². The summed E-state index contributed by atoms with van der Waals surface area (Å²) in [6.45, 7) is 8.50. The summed E-state index contributed by atoms with van der Waals surface area (Å²) in [6.07, 6.45) is 4.99. The molecule has 0 radical (unpaired) electrons. The first-order valence-corrected chi connectivity index (χ1v) is 8.61. The van der Waals surface area contributed by atoms with E-state index in [2.05, 4.69) is 43.0 Å². The fraction of sp³-hybridized carbons (Fsp3) is 0.400. The van der Waals surface area contributed by atoms with Crippen molar-refractivity contribution < 1.29 is 14.6 Å². The monoisotopic (exact) mass is 357 g/mol. The van der Waals surface area contributed by atoms with Crippen LogP contribution >= 0.6 is 0 Å². The minimum absolute atomic E-state index is 0.00478. The predicted octanol–water partition coefficient (Wildman–Crippen LogP) is 4.33. The number of ether oxygens (including phenoxy) is 2. The molecule has 26 heavy (non-hydrogen) atoms. The molecule has 0 spiro atoms. The lowest BCUT2D eigenvalue weighted by Crippen LogP contribution is -2.13. The molecule has 2 rings (SSSR count). The van der Waals surface area contributed by atoms with Crippen LogP contribution in [0.3, 0.4) is 0 Å². The normalized spacial score (nSPS) is 12.2. The molecular weight excluding hydrogens is 330 g/mol. The molecule has 0 atom stereocenters. The molecule has 0 fully saturated rings. The van der Waals surface area contributed by atoms with Crippen LogP contribution in [0.25, 0.3) is 5.57 Å². The number of anilines is 1. The molecule has 0 unspecified atom stereocenters. The number of phenolic OH excluding ortho intramolecular Hbond substituents is 1. The third-order valence-electron chi connectivity index (χ3n) is 4.06. The Morgan fingerprint density at radius 3 is 2.04 bits per heavy atom. The SMILES string of the molecule is COc1cc(/C(=C(/Nc2cnccn2)C(C)C)C(C)C)cc(OC)c1O. The van der Waals surface area contributed by atoms with Gasteiger partial charge in [0.25, 0.3) is 0 Å². The van der Waals surface area contributed by atoms with Crippen molar-refractivity contribution in [1.29, 1.82) is 0 Å². The van der Waals surface area contributed by atoms with Gasteiger partial charge in [-0.05, 0) is 35.1 Å². The number of nitrogens with zero attached hydrogens (tertiary/aromatic N) is 2. The second kappa shape index (κ2) is 8.56. The summed E-state index contributed by atoms with van der Waals surface area (Å²) >= 11 is 0. The van der Waals surface area contributed by atoms with Gasteiger partial charge in [0.15, 0.2) is 11.5 Å². The Kier molecular flexibility index (Phi) is 6.44. The predicted molar refractivity (Wildman–Crippen MR) is 103 cm³/mol. The summed E-state index contributed by atoms with van der Waals surface area (Å²) in [4.78, 5) is 8.44. The van der Waals surface area contributed by atoms with Crippen LogP contribution in [0, 0.1) is 11.8 Å². The number of aromatic nitrogens is 2. The lowest BCUT2D eigenvalue weighted by Gasteiger charge is -2.24. The first-order valence-electron chi connectivity index (χ1n) is 8.61. The Bertz CT molecular complexity index is 746. The fourth-order valence-electron chi connectivity index (χ4n) is 2.87. The smallest absolute Gasteiger partial charge is 0.200 e. The minimum atomic E-state index is -0.00478. The first kappa shape index (κ1) is 19.6. The number of rotatable bonds is 7. The quantitative estimate of drug-likeness (QED) is 0.768. The van der Waals surface area contributed by atoms with Crippen molar-refractivity contribution in [2.24, 2.45) is 11.8 Å². The van der Waals surface area contributed by atoms with E-state index in [1.807, 2.05) is 12.1 Å². The zero-order chi connectivity index (χ0) is 19.3. The van der Waals surface area contributed by atoms with Gasteiger partial charge >= 0.3 is 0 Å². The van der Waals surface area contributed by atoms with Crippen molar-refractivity contribution >= 4 is 11.4 Å². The highest BCUT2D eigenvalue weighted by molar-refractivity contribution is 5.76. The average Bonchev–Trinajstić information content (AvgIpc) is 2.62. The number of aromatic hydroxyl groups is 1. The molecule has 140 valence electrons. The molecule has 0 aliphatic heterocycles. The molecule has 0 saturated heterocycles.